The molecule has 2 aromatic rings. The van der Waals surface area contributed by atoms with Crippen molar-refractivity contribution in [2.24, 2.45) is 0 Å². The van der Waals surface area contributed by atoms with Crippen molar-refractivity contribution in [3.05, 3.63) is 48.0 Å². The fourth-order valence-corrected chi connectivity index (χ4v) is 2.44. The van der Waals surface area contributed by atoms with E-state index in [9.17, 15) is 14.4 Å². The molecule has 0 fully saturated rings. The Labute approximate surface area is 169 Å². The molecule has 2 N–H and O–H groups in total. The Kier molecular flexibility index (Phi) is 7.59. The Morgan fingerprint density at radius 2 is 1.59 bits per heavy atom. The number of nitrogens with one attached hydrogen (secondary N) is 2. The van der Waals surface area contributed by atoms with Crippen LogP contribution in [0.1, 0.15) is 31.1 Å². The Bertz CT molecular complexity index is 879. The highest BCUT2D eigenvalue weighted by atomic mass is 16.5. The molecule has 0 aliphatic heterocycles. The zero-order valence-electron chi connectivity index (χ0n) is 16.8. The molecule has 2 rings (SSSR count). The first-order chi connectivity index (χ1) is 13.8. The molecule has 0 aliphatic rings. The SMILES string of the molecule is CCOc1cc(C(=O)O[C@H](C)C(=O)Nc2ccc(NC(C)=O)cc2)ccc1OC. The number of carbonyl (C=O) groups is 3. The van der Waals surface area contributed by atoms with E-state index in [4.69, 9.17) is 14.2 Å². The maximum absolute atomic E-state index is 12.4. The maximum atomic E-state index is 12.4. The molecule has 0 aliphatic carbocycles. The average Bonchev–Trinajstić information content (AvgIpc) is 2.69. The highest BCUT2D eigenvalue weighted by Gasteiger charge is 2.20. The third kappa shape index (κ3) is 6.24. The standard InChI is InChI=1S/C21H24N2O6/c1-5-28-19-12-15(6-11-18(19)27-4)21(26)29-13(2)20(25)23-17-9-7-16(8-10-17)22-14(3)24/h6-13H,5H2,1-4H3,(H,22,24)(H,23,25)/t13-/m1/s1. The van der Waals surface area contributed by atoms with Crippen molar-refractivity contribution < 1.29 is 28.6 Å². The molecular formula is C21H24N2O6. The predicted molar refractivity (Wildman–Crippen MR) is 108 cm³/mol. The highest BCUT2D eigenvalue weighted by molar-refractivity contribution is 5.98. The normalized spacial score (nSPS) is 11.2. The smallest absolute Gasteiger partial charge is 0.339 e. The molecule has 0 heterocycles. The van der Waals surface area contributed by atoms with E-state index in [1.807, 2.05) is 6.92 Å². The zero-order chi connectivity index (χ0) is 21.4. The largest absolute Gasteiger partial charge is 0.493 e. The van der Waals surface area contributed by atoms with Crippen LogP contribution in [0.25, 0.3) is 0 Å². The van der Waals surface area contributed by atoms with Gasteiger partial charge in [-0.05, 0) is 56.3 Å². The second-order valence-electron chi connectivity index (χ2n) is 6.09. The summed E-state index contributed by atoms with van der Waals surface area (Å²) in [6.45, 7) is 5.12. The first kappa shape index (κ1) is 21.7. The molecule has 0 unspecified atom stereocenters. The summed E-state index contributed by atoms with van der Waals surface area (Å²) in [4.78, 5) is 35.7. The summed E-state index contributed by atoms with van der Waals surface area (Å²) in [7, 11) is 1.50. The van der Waals surface area contributed by atoms with Crippen LogP contribution in [0.5, 0.6) is 11.5 Å². The number of hydrogen-bond donors (Lipinski definition) is 2. The number of carbonyl (C=O) groups excluding carboxylic acids is 3. The minimum absolute atomic E-state index is 0.187. The summed E-state index contributed by atoms with van der Waals surface area (Å²) in [6.07, 6.45) is -1.02. The third-order valence-electron chi connectivity index (χ3n) is 3.83. The van der Waals surface area contributed by atoms with E-state index in [-0.39, 0.29) is 11.5 Å². The Balaban J connectivity index is 1.99. The summed E-state index contributed by atoms with van der Waals surface area (Å²) >= 11 is 0. The number of esters is 1. The molecule has 0 saturated carbocycles. The molecule has 154 valence electrons. The van der Waals surface area contributed by atoms with Crippen LogP contribution in [0.3, 0.4) is 0 Å². The number of hydrogen-bond acceptors (Lipinski definition) is 6. The molecule has 1 atom stereocenters. The number of methoxy groups -OCH3 is 1. The van der Waals surface area contributed by atoms with E-state index < -0.39 is 18.0 Å². The van der Waals surface area contributed by atoms with Crippen LogP contribution >= 0.6 is 0 Å². The van der Waals surface area contributed by atoms with Gasteiger partial charge in [-0.2, -0.15) is 0 Å². The Morgan fingerprint density at radius 1 is 0.966 bits per heavy atom. The molecule has 0 spiro atoms. The zero-order valence-corrected chi connectivity index (χ0v) is 16.8. The predicted octanol–water partition coefficient (Wildman–Crippen LogP) is 3.24. The minimum Gasteiger partial charge on any atom is -0.493 e. The van der Waals surface area contributed by atoms with Crippen molar-refractivity contribution in [3.63, 3.8) is 0 Å². The van der Waals surface area contributed by atoms with Gasteiger partial charge >= 0.3 is 5.97 Å². The fourth-order valence-electron chi connectivity index (χ4n) is 2.44. The lowest BCUT2D eigenvalue weighted by atomic mass is 10.2. The van der Waals surface area contributed by atoms with Gasteiger partial charge in [0, 0.05) is 18.3 Å². The van der Waals surface area contributed by atoms with Crippen molar-refractivity contribution in [2.45, 2.75) is 26.9 Å². The van der Waals surface area contributed by atoms with Gasteiger partial charge in [-0.25, -0.2) is 4.79 Å². The summed E-state index contributed by atoms with van der Waals surface area (Å²) in [5.74, 6) is -0.410. The Hall–Kier alpha value is -3.55. The lowest BCUT2D eigenvalue weighted by molar-refractivity contribution is -0.123. The summed E-state index contributed by atoms with van der Waals surface area (Å²) < 4.78 is 15.9. The second-order valence-corrected chi connectivity index (χ2v) is 6.09. The van der Waals surface area contributed by atoms with Gasteiger partial charge in [0.15, 0.2) is 17.6 Å². The van der Waals surface area contributed by atoms with Crippen molar-refractivity contribution in [2.75, 3.05) is 24.4 Å². The van der Waals surface area contributed by atoms with Crippen molar-refractivity contribution in [1.82, 2.24) is 0 Å². The quantitative estimate of drug-likeness (QED) is 0.660. The minimum atomic E-state index is -1.02. The van der Waals surface area contributed by atoms with Gasteiger partial charge in [-0.15, -0.1) is 0 Å². The van der Waals surface area contributed by atoms with Crippen LogP contribution in [0.4, 0.5) is 11.4 Å². The van der Waals surface area contributed by atoms with Gasteiger partial charge in [-0.1, -0.05) is 0 Å². The van der Waals surface area contributed by atoms with Crippen molar-refractivity contribution >= 4 is 29.2 Å². The lowest BCUT2D eigenvalue weighted by Crippen LogP contribution is -2.30. The summed E-state index contributed by atoms with van der Waals surface area (Å²) in [6, 6.07) is 11.2. The van der Waals surface area contributed by atoms with Gasteiger partial charge in [0.25, 0.3) is 5.91 Å². The number of benzene rings is 2. The van der Waals surface area contributed by atoms with Crippen molar-refractivity contribution in [1.29, 1.82) is 0 Å². The molecular weight excluding hydrogens is 376 g/mol. The van der Waals surface area contributed by atoms with Crippen molar-refractivity contribution in [3.8, 4) is 11.5 Å². The number of amides is 2. The number of ether oxygens (including phenoxy) is 3. The van der Waals surface area contributed by atoms with Crippen LogP contribution in [-0.4, -0.2) is 37.6 Å². The molecule has 2 amide bonds. The van der Waals surface area contributed by atoms with E-state index in [1.165, 1.54) is 33.1 Å². The lowest BCUT2D eigenvalue weighted by Gasteiger charge is -2.15. The first-order valence-electron chi connectivity index (χ1n) is 9.04. The average molecular weight is 400 g/mol. The number of anilines is 2. The molecule has 0 saturated heterocycles. The molecule has 2 aromatic carbocycles. The first-order valence-corrected chi connectivity index (χ1v) is 9.04. The van der Waals surface area contributed by atoms with Gasteiger partial charge in [0.1, 0.15) is 0 Å². The highest BCUT2D eigenvalue weighted by Crippen LogP contribution is 2.28. The van der Waals surface area contributed by atoms with E-state index in [2.05, 4.69) is 10.6 Å². The summed E-state index contributed by atoms with van der Waals surface area (Å²) in [5, 5.41) is 5.29. The maximum Gasteiger partial charge on any atom is 0.339 e. The summed E-state index contributed by atoms with van der Waals surface area (Å²) in [5.41, 5.74) is 1.36. The molecule has 29 heavy (non-hydrogen) atoms. The fraction of sp³-hybridized carbons (Fsp3) is 0.286. The van der Waals surface area contributed by atoms with E-state index in [0.717, 1.165) is 0 Å². The molecule has 0 radical (unpaired) electrons. The monoisotopic (exact) mass is 400 g/mol. The van der Waals surface area contributed by atoms with E-state index in [0.29, 0.717) is 29.5 Å². The second kappa shape index (κ2) is 10.1. The van der Waals surface area contributed by atoms with Gasteiger partial charge in [0.2, 0.25) is 5.91 Å². The third-order valence-corrected chi connectivity index (χ3v) is 3.83. The van der Waals surface area contributed by atoms with Gasteiger partial charge in [0.05, 0.1) is 19.3 Å². The van der Waals surface area contributed by atoms with Crippen LogP contribution in [-0.2, 0) is 14.3 Å². The van der Waals surface area contributed by atoms with Crippen LogP contribution in [0, 0.1) is 0 Å². The molecule has 8 heteroatoms. The molecule has 8 nitrogen and oxygen atoms in total. The van der Waals surface area contributed by atoms with E-state index >= 15 is 0 Å². The van der Waals surface area contributed by atoms with Crippen LogP contribution in [0.15, 0.2) is 42.5 Å². The van der Waals surface area contributed by atoms with Gasteiger partial charge in [-0.3, -0.25) is 9.59 Å². The molecule has 0 bridgehead atoms. The number of rotatable bonds is 8. The van der Waals surface area contributed by atoms with Crippen LogP contribution < -0.4 is 20.1 Å². The van der Waals surface area contributed by atoms with Gasteiger partial charge < -0.3 is 24.8 Å². The topological polar surface area (TPSA) is 103 Å². The van der Waals surface area contributed by atoms with E-state index in [1.54, 1.807) is 30.3 Å². The van der Waals surface area contributed by atoms with Crippen LogP contribution in [0.2, 0.25) is 0 Å². The Morgan fingerprint density at radius 3 is 2.14 bits per heavy atom. The molecule has 0 aromatic heterocycles.